The summed E-state index contributed by atoms with van der Waals surface area (Å²) in [5.41, 5.74) is 4.07. The molecule has 1 saturated carbocycles. The minimum absolute atomic E-state index is 0.0568. The van der Waals surface area contributed by atoms with Gasteiger partial charge in [0, 0.05) is 18.9 Å². The van der Waals surface area contributed by atoms with Gasteiger partial charge in [0.15, 0.2) is 5.79 Å². The number of hydrogen-bond acceptors (Lipinski definition) is 2. The minimum Gasteiger partial charge on any atom is -0.365 e. The lowest BCUT2D eigenvalue weighted by Gasteiger charge is -2.25. The normalized spacial score (nSPS) is 27.4. The van der Waals surface area contributed by atoms with Gasteiger partial charge in [0.25, 0.3) is 0 Å². The molecule has 0 heterocycles. The third-order valence-corrected chi connectivity index (χ3v) is 5.49. The van der Waals surface area contributed by atoms with E-state index in [9.17, 15) is 5.11 Å². The summed E-state index contributed by atoms with van der Waals surface area (Å²) in [6, 6.07) is 10.9. The molecule has 1 aliphatic carbocycles. The van der Waals surface area contributed by atoms with Gasteiger partial charge in [0.2, 0.25) is 0 Å². The van der Waals surface area contributed by atoms with Gasteiger partial charge in [-0.25, -0.2) is 0 Å². The van der Waals surface area contributed by atoms with Crippen molar-refractivity contribution in [2.45, 2.75) is 58.2 Å². The highest BCUT2D eigenvalue weighted by Crippen LogP contribution is 2.60. The quantitative estimate of drug-likeness (QED) is 0.827. The third-order valence-electron chi connectivity index (χ3n) is 5.49. The number of aryl methyl sites for hydroxylation is 1. The van der Waals surface area contributed by atoms with E-state index in [0.29, 0.717) is 0 Å². The summed E-state index contributed by atoms with van der Waals surface area (Å²) in [6.45, 7) is 11.1. The fraction of sp³-hybridized carbons (Fsp3) is 0.524. The van der Waals surface area contributed by atoms with Crippen molar-refractivity contribution in [3.8, 4) is 0 Å². The van der Waals surface area contributed by atoms with Crippen molar-refractivity contribution in [1.82, 2.24) is 0 Å². The van der Waals surface area contributed by atoms with E-state index in [1.807, 2.05) is 0 Å². The van der Waals surface area contributed by atoms with Crippen LogP contribution in [0.25, 0.3) is 10.8 Å². The molecule has 3 atom stereocenters. The Morgan fingerprint density at radius 2 is 1.78 bits per heavy atom. The number of benzene rings is 2. The van der Waals surface area contributed by atoms with Gasteiger partial charge in [-0.15, -0.1) is 0 Å². The van der Waals surface area contributed by atoms with Crippen LogP contribution in [0, 0.1) is 5.92 Å². The van der Waals surface area contributed by atoms with E-state index in [-0.39, 0.29) is 17.3 Å². The zero-order chi connectivity index (χ0) is 17.0. The van der Waals surface area contributed by atoms with E-state index >= 15 is 0 Å². The second-order valence-electron chi connectivity index (χ2n) is 7.87. The van der Waals surface area contributed by atoms with Gasteiger partial charge in [-0.3, -0.25) is 0 Å². The smallest absolute Gasteiger partial charge is 0.175 e. The Labute approximate surface area is 139 Å². The van der Waals surface area contributed by atoms with Crippen molar-refractivity contribution in [3.63, 3.8) is 0 Å². The molecule has 2 nitrogen and oxygen atoms in total. The third kappa shape index (κ3) is 2.40. The fourth-order valence-electron chi connectivity index (χ4n) is 4.02. The summed E-state index contributed by atoms with van der Waals surface area (Å²) < 4.78 is 5.43. The molecule has 0 aliphatic heterocycles. The number of methoxy groups -OCH3 is 1. The molecule has 3 rings (SSSR count). The lowest BCUT2D eigenvalue weighted by atomic mass is 9.79. The standard InChI is InChI=1S/C21H28O2/c1-7-14-12-17(20(3,4)5)15-10-8-9-11-16(15)18(14)19-13(2)21(19,22)23-6/h8-13,19,22H,7H2,1-6H3. The highest BCUT2D eigenvalue weighted by molar-refractivity contribution is 5.91. The predicted molar refractivity (Wildman–Crippen MR) is 95.9 cm³/mol. The van der Waals surface area contributed by atoms with Gasteiger partial charge in [0.05, 0.1) is 0 Å². The molecule has 2 heteroatoms. The Morgan fingerprint density at radius 3 is 2.26 bits per heavy atom. The topological polar surface area (TPSA) is 29.5 Å². The van der Waals surface area contributed by atoms with Crippen molar-refractivity contribution >= 4 is 10.8 Å². The van der Waals surface area contributed by atoms with E-state index in [1.54, 1.807) is 7.11 Å². The summed E-state index contributed by atoms with van der Waals surface area (Å²) in [5.74, 6) is -0.835. The molecule has 124 valence electrons. The second-order valence-corrected chi connectivity index (χ2v) is 7.87. The Balaban J connectivity index is 2.32. The number of ether oxygens (including phenoxy) is 1. The summed E-state index contributed by atoms with van der Waals surface area (Å²) in [5, 5.41) is 13.3. The average molecular weight is 312 g/mol. The highest BCUT2D eigenvalue weighted by Gasteiger charge is 2.64. The molecule has 1 aliphatic rings. The van der Waals surface area contributed by atoms with E-state index in [4.69, 9.17) is 4.74 Å². The van der Waals surface area contributed by atoms with Crippen LogP contribution < -0.4 is 0 Å². The van der Waals surface area contributed by atoms with Gasteiger partial charge in [-0.05, 0) is 39.3 Å². The maximum Gasteiger partial charge on any atom is 0.175 e. The Morgan fingerprint density at radius 1 is 1.17 bits per heavy atom. The molecule has 1 fully saturated rings. The van der Waals surface area contributed by atoms with Crippen LogP contribution in [-0.4, -0.2) is 18.0 Å². The van der Waals surface area contributed by atoms with Crippen molar-refractivity contribution in [2.24, 2.45) is 5.92 Å². The molecule has 0 saturated heterocycles. The number of rotatable bonds is 3. The summed E-state index contributed by atoms with van der Waals surface area (Å²) >= 11 is 0. The van der Waals surface area contributed by atoms with Crippen LogP contribution in [0.1, 0.15) is 57.2 Å². The van der Waals surface area contributed by atoms with Crippen molar-refractivity contribution in [3.05, 3.63) is 47.0 Å². The van der Waals surface area contributed by atoms with Crippen molar-refractivity contribution in [1.29, 1.82) is 0 Å². The van der Waals surface area contributed by atoms with Gasteiger partial charge in [0.1, 0.15) is 0 Å². The molecule has 23 heavy (non-hydrogen) atoms. The van der Waals surface area contributed by atoms with Crippen LogP contribution in [0.4, 0.5) is 0 Å². The van der Waals surface area contributed by atoms with Gasteiger partial charge in [-0.1, -0.05) is 65.0 Å². The number of hydrogen-bond donors (Lipinski definition) is 1. The largest absolute Gasteiger partial charge is 0.365 e. The van der Waals surface area contributed by atoms with Crippen LogP contribution in [-0.2, 0) is 16.6 Å². The molecule has 2 aromatic rings. The maximum absolute atomic E-state index is 10.7. The predicted octanol–water partition coefficient (Wildman–Crippen LogP) is 4.77. The molecular weight excluding hydrogens is 284 g/mol. The minimum atomic E-state index is -1.02. The number of aliphatic hydroxyl groups is 1. The first kappa shape index (κ1) is 16.5. The molecule has 0 aromatic heterocycles. The lowest BCUT2D eigenvalue weighted by molar-refractivity contribution is -0.115. The van der Waals surface area contributed by atoms with Crippen LogP contribution in [0.3, 0.4) is 0 Å². The SMILES string of the molecule is CCc1cc(C(C)(C)C)c2ccccc2c1C1C(C)C1(O)OC. The molecule has 0 amide bonds. The van der Waals surface area contributed by atoms with Gasteiger partial charge < -0.3 is 9.84 Å². The monoisotopic (exact) mass is 312 g/mol. The zero-order valence-corrected chi connectivity index (χ0v) is 15.1. The first-order chi connectivity index (χ1) is 10.8. The Bertz CT molecular complexity index is 741. The summed E-state index contributed by atoms with van der Waals surface area (Å²) in [4.78, 5) is 0. The van der Waals surface area contributed by atoms with E-state index in [0.717, 1.165) is 6.42 Å². The van der Waals surface area contributed by atoms with Gasteiger partial charge in [-0.2, -0.15) is 0 Å². The first-order valence-electron chi connectivity index (χ1n) is 8.58. The second kappa shape index (κ2) is 5.32. The molecule has 0 bridgehead atoms. The van der Waals surface area contributed by atoms with E-state index in [1.165, 1.54) is 27.5 Å². The summed E-state index contributed by atoms with van der Waals surface area (Å²) in [7, 11) is 1.60. The molecule has 1 N–H and O–H groups in total. The number of fused-ring (bicyclic) bond motifs is 1. The van der Waals surface area contributed by atoms with Crippen LogP contribution in [0.15, 0.2) is 30.3 Å². The Hall–Kier alpha value is -1.38. The zero-order valence-electron chi connectivity index (χ0n) is 15.1. The van der Waals surface area contributed by atoms with Crippen LogP contribution in [0.5, 0.6) is 0 Å². The van der Waals surface area contributed by atoms with Crippen LogP contribution >= 0.6 is 0 Å². The lowest BCUT2D eigenvalue weighted by Crippen LogP contribution is -2.16. The molecule has 0 radical (unpaired) electrons. The molecule has 3 unspecified atom stereocenters. The molecule has 2 aromatic carbocycles. The van der Waals surface area contributed by atoms with Crippen molar-refractivity contribution < 1.29 is 9.84 Å². The van der Waals surface area contributed by atoms with E-state index < -0.39 is 5.79 Å². The fourth-order valence-corrected chi connectivity index (χ4v) is 4.02. The van der Waals surface area contributed by atoms with Crippen molar-refractivity contribution in [2.75, 3.05) is 7.11 Å². The highest BCUT2D eigenvalue weighted by atomic mass is 16.6. The molecular formula is C21H28O2. The van der Waals surface area contributed by atoms with Gasteiger partial charge >= 0.3 is 0 Å². The van der Waals surface area contributed by atoms with E-state index in [2.05, 4.69) is 65.0 Å². The van der Waals surface area contributed by atoms with Crippen LogP contribution in [0.2, 0.25) is 0 Å². The molecule has 0 spiro atoms. The summed E-state index contributed by atoms with van der Waals surface area (Å²) in [6.07, 6.45) is 0.965. The first-order valence-corrected chi connectivity index (χ1v) is 8.58. The average Bonchev–Trinajstić information content (AvgIpc) is 3.06. The Kier molecular flexibility index (Phi) is 3.81. The maximum atomic E-state index is 10.7.